The van der Waals surface area contributed by atoms with Crippen LogP contribution < -0.4 is 5.32 Å². The van der Waals surface area contributed by atoms with E-state index in [0.29, 0.717) is 19.3 Å². The van der Waals surface area contributed by atoms with Crippen molar-refractivity contribution in [2.45, 2.75) is 232 Å². The van der Waals surface area contributed by atoms with Crippen molar-refractivity contribution < 1.29 is 24.5 Å². The molecule has 6 nitrogen and oxygen atoms in total. The number of esters is 1. The van der Waals surface area contributed by atoms with E-state index in [4.69, 9.17) is 4.74 Å². The molecule has 0 aliphatic rings. The van der Waals surface area contributed by atoms with E-state index in [1.165, 1.54) is 70.6 Å². The number of unbranched alkanes of at least 4 members (excludes halogenated alkanes) is 21. The third kappa shape index (κ3) is 43.2. The second-order valence-corrected chi connectivity index (χ2v) is 16.7. The van der Waals surface area contributed by atoms with Crippen molar-refractivity contribution in [2.24, 2.45) is 0 Å². The van der Waals surface area contributed by atoms with Gasteiger partial charge in [0.15, 0.2) is 0 Å². The Bertz CT molecular complexity index is 1220. The molecule has 3 atom stereocenters. The van der Waals surface area contributed by atoms with Crippen molar-refractivity contribution in [1.82, 2.24) is 5.32 Å². The van der Waals surface area contributed by atoms with Gasteiger partial charge in [-0.25, -0.2) is 0 Å². The second-order valence-electron chi connectivity index (χ2n) is 16.7. The predicted octanol–water partition coefficient (Wildman–Crippen LogP) is 14.9. The standard InChI is InChI=1S/C55H93NO5/c1-4-7-10-13-16-19-22-24-25-26-27-28-30-33-36-39-42-45-48-55(60)61-51(46-43-40-37-34-32-29-23-20-17-14-11-8-5-2)49-54(59)56-52(50-57)53(58)47-44-41-38-35-31-21-18-15-12-9-6-3/h8,11,14,16-17,19-20,22-29,32,51-53,57-58H,4-7,9-10,12-13,15,18,21,30-31,33-50H2,1-3H3,(H,56,59)/b11-8+,17-14+,19-16+,23-20+,24-22+,26-25+,28-27+,32-29-. The SMILES string of the molecule is CC/C=C/C=C/C=C/C=C\CCCCCC(CC(=O)NC(CO)C(O)CCCCCCCCCCCCC)OC(=O)CCCCCCC/C=C/C=C/C=C/C=C/CCCCC. The first-order valence-electron chi connectivity index (χ1n) is 25.1. The van der Waals surface area contributed by atoms with Crippen LogP contribution in [0, 0.1) is 0 Å². The fraction of sp³-hybridized carbons (Fsp3) is 0.673. The molecule has 3 unspecified atom stereocenters. The maximum absolute atomic E-state index is 13.2. The Morgan fingerprint density at radius 1 is 0.492 bits per heavy atom. The van der Waals surface area contributed by atoms with Crippen LogP contribution in [0.4, 0.5) is 0 Å². The minimum absolute atomic E-state index is 0.0359. The predicted molar refractivity (Wildman–Crippen MR) is 264 cm³/mol. The van der Waals surface area contributed by atoms with Gasteiger partial charge in [-0.2, -0.15) is 0 Å². The number of allylic oxidation sites excluding steroid dienone is 16. The number of hydrogen-bond acceptors (Lipinski definition) is 5. The van der Waals surface area contributed by atoms with Crippen LogP contribution in [0.5, 0.6) is 0 Å². The molecule has 1 amide bonds. The quantitative estimate of drug-likeness (QED) is 0.0323. The molecule has 0 saturated carbocycles. The maximum atomic E-state index is 13.2. The lowest BCUT2D eigenvalue weighted by Crippen LogP contribution is -2.46. The summed E-state index contributed by atoms with van der Waals surface area (Å²) < 4.78 is 5.90. The molecule has 0 heterocycles. The highest BCUT2D eigenvalue weighted by atomic mass is 16.5. The van der Waals surface area contributed by atoms with Gasteiger partial charge < -0.3 is 20.3 Å². The van der Waals surface area contributed by atoms with E-state index >= 15 is 0 Å². The molecule has 0 aliphatic carbocycles. The average Bonchev–Trinajstić information content (AvgIpc) is 3.25. The molecule has 0 rings (SSSR count). The zero-order chi connectivity index (χ0) is 44.5. The second kappa shape index (κ2) is 47.8. The lowest BCUT2D eigenvalue weighted by Gasteiger charge is -2.24. The van der Waals surface area contributed by atoms with Gasteiger partial charge in [-0.05, 0) is 70.6 Å². The van der Waals surface area contributed by atoms with Crippen LogP contribution in [0.25, 0.3) is 0 Å². The van der Waals surface area contributed by atoms with Gasteiger partial charge in [0.1, 0.15) is 6.10 Å². The topological polar surface area (TPSA) is 95.9 Å². The number of amides is 1. The molecule has 0 aromatic carbocycles. The number of hydrogen-bond donors (Lipinski definition) is 3. The lowest BCUT2D eigenvalue weighted by atomic mass is 10.0. The summed E-state index contributed by atoms with van der Waals surface area (Å²) >= 11 is 0. The van der Waals surface area contributed by atoms with E-state index in [9.17, 15) is 19.8 Å². The number of carbonyl (C=O) groups excluding carboxylic acids is 2. The number of aliphatic hydroxyl groups excluding tert-OH is 2. The summed E-state index contributed by atoms with van der Waals surface area (Å²) in [6.07, 6.45) is 63.1. The lowest BCUT2D eigenvalue weighted by molar-refractivity contribution is -0.151. The Balaban J connectivity index is 4.70. The van der Waals surface area contributed by atoms with E-state index in [-0.39, 0.29) is 24.9 Å². The fourth-order valence-electron chi connectivity index (χ4n) is 7.04. The van der Waals surface area contributed by atoms with E-state index in [0.717, 1.165) is 96.3 Å². The molecule has 0 fully saturated rings. The summed E-state index contributed by atoms with van der Waals surface area (Å²) in [6, 6.07) is -0.724. The molecule has 348 valence electrons. The van der Waals surface area contributed by atoms with E-state index in [2.05, 4.69) is 92.9 Å². The fourth-order valence-corrected chi connectivity index (χ4v) is 7.04. The van der Waals surface area contributed by atoms with Gasteiger partial charge in [0.2, 0.25) is 5.91 Å². The highest BCUT2D eigenvalue weighted by Crippen LogP contribution is 2.17. The molecule has 0 saturated heterocycles. The molecule has 0 spiro atoms. The van der Waals surface area contributed by atoms with Gasteiger partial charge in [0, 0.05) is 6.42 Å². The Labute approximate surface area is 376 Å². The molecule has 6 heteroatoms. The van der Waals surface area contributed by atoms with Gasteiger partial charge in [-0.1, -0.05) is 227 Å². The van der Waals surface area contributed by atoms with Crippen LogP contribution in [0.15, 0.2) is 97.2 Å². The van der Waals surface area contributed by atoms with Crippen molar-refractivity contribution >= 4 is 11.9 Å². The van der Waals surface area contributed by atoms with Crippen LogP contribution in [0.1, 0.15) is 213 Å². The Hall–Kier alpha value is -3.22. The largest absolute Gasteiger partial charge is 0.462 e. The highest BCUT2D eigenvalue weighted by molar-refractivity contribution is 5.77. The van der Waals surface area contributed by atoms with Crippen LogP contribution in [-0.4, -0.2) is 46.9 Å². The summed E-state index contributed by atoms with van der Waals surface area (Å²) in [4.78, 5) is 26.1. The number of rotatable bonds is 43. The van der Waals surface area contributed by atoms with Gasteiger partial charge in [-0.3, -0.25) is 9.59 Å². The molecule has 0 bridgehead atoms. The maximum Gasteiger partial charge on any atom is 0.306 e. The molecular formula is C55H93NO5. The van der Waals surface area contributed by atoms with Crippen LogP contribution >= 0.6 is 0 Å². The molecule has 0 aromatic heterocycles. The first kappa shape index (κ1) is 57.8. The van der Waals surface area contributed by atoms with Crippen LogP contribution in [-0.2, 0) is 14.3 Å². The van der Waals surface area contributed by atoms with Gasteiger partial charge in [0.25, 0.3) is 0 Å². The van der Waals surface area contributed by atoms with Crippen molar-refractivity contribution in [3.8, 4) is 0 Å². The molecule has 0 aliphatic heterocycles. The minimum atomic E-state index is -0.807. The monoisotopic (exact) mass is 848 g/mol. The number of nitrogens with one attached hydrogen (secondary N) is 1. The zero-order valence-electron chi connectivity index (χ0n) is 39.5. The third-order valence-electron chi connectivity index (χ3n) is 10.8. The van der Waals surface area contributed by atoms with Crippen molar-refractivity contribution in [1.29, 1.82) is 0 Å². The number of ether oxygens (including phenoxy) is 1. The van der Waals surface area contributed by atoms with Crippen molar-refractivity contribution in [3.05, 3.63) is 97.2 Å². The van der Waals surface area contributed by atoms with Crippen molar-refractivity contribution in [3.63, 3.8) is 0 Å². The van der Waals surface area contributed by atoms with Gasteiger partial charge in [-0.15, -0.1) is 0 Å². The van der Waals surface area contributed by atoms with E-state index in [1.54, 1.807) is 0 Å². The summed E-state index contributed by atoms with van der Waals surface area (Å²) in [5, 5.41) is 23.7. The summed E-state index contributed by atoms with van der Waals surface area (Å²) in [6.45, 7) is 6.27. The van der Waals surface area contributed by atoms with Crippen molar-refractivity contribution in [2.75, 3.05) is 6.61 Å². The smallest absolute Gasteiger partial charge is 0.306 e. The first-order valence-corrected chi connectivity index (χ1v) is 25.1. The van der Waals surface area contributed by atoms with Crippen LogP contribution in [0.2, 0.25) is 0 Å². The minimum Gasteiger partial charge on any atom is -0.462 e. The van der Waals surface area contributed by atoms with E-state index in [1.807, 2.05) is 30.4 Å². The third-order valence-corrected chi connectivity index (χ3v) is 10.8. The number of carbonyl (C=O) groups is 2. The average molecular weight is 848 g/mol. The molecule has 0 radical (unpaired) electrons. The molecule has 3 N–H and O–H groups in total. The Morgan fingerprint density at radius 3 is 1.39 bits per heavy atom. The first-order chi connectivity index (χ1) is 30.0. The number of aliphatic hydroxyl groups is 2. The normalized spacial score (nSPS) is 14.1. The summed E-state index contributed by atoms with van der Waals surface area (Å²) in [7, 11) is 0. The molecule has 61 heavy (non-hydrogen) atoms. The Kier molecular flexibility index (Phi) is 45.3. The summed E-state index contributed by atoms with van der Waals surface area (Å²) in [5.41, 5.74) is 0. The summed E-state index contributed by atoms with van der Waals surface area (Å²) in [5.74, 6) is -0.548. The van der Waals surface area contributed by atoms with E-state index < -0.39 is 18.2 Å². The van der Waals surface area contributed by atoms with Gasteiger partial charge >= 0.3 is 5.97 Å². The molecule has 0 aromatic rings. The Morgan fingerprint density at radius 2 is 0.885 bits per heavy atom. The molecular weight excluding hydrogens is 755 g/mol. The van der Waals surface area contributed by atoms with Crippen LogP contribution in [0.3, 0.4) is 0 Å². The highest BCUT2D eigenvalue weighted by Gasteiger charge is 2.24. The van der Waals surface area contributed by atoms with Gasteiger partial charge in [0.05, 0.1) is 25.2 Å². The zero-order valence-corrected chi connectivity index (χ0v) is 39.5.